The fourth-order valence-electron chi connectivity index (χ4n) is 1.97. The Balaban J connectivity index is 2.33. The standard InChI is InChI=1S/C15H18BrFN4/c1-3-7-18-14-11(4-2)15(20-9-19-14)21-13-8-10(16)5-6-12(13)17/h5-6,8-9H,3-4,7H2,1-2H3,(H2,18,19,20,21). The van der Waals surface area contributed by atoms with Crippen molar-refractivity contribution < 1.29 is 4.39 Å². The molecule has 2 N–H and O–H groups in total. The zero-order valence-corrected chi connectivity index (χ0v) is 13.7. The van der Waals surface area contributed by atoms with Gasteiger partial charge in [-0.3, -0.25) is 0 Å². The number of halogens is 2. The second-order valence-corrected chi connectivity index (χ2v) is 5.49. The molecule has 112 valence electrons. The lowest BCUT2D eigenvalue weighted by Crippen LogP contribution is -2.09. The predicted octanol–water partition coefficient (Wildman–Crippen LogP) is 4.51. The van der Waals surface area contributed by atoms with Crippen LogP contribution in [-0.4, -0.2) is 16.5 Å². The summed E-state index contributed by atoms with van der Waals surface area (Å²) in [5.41, 5.74) is 1.34. The van der Waals surface area contributed by atoms with Crippen molar-refractivity contribution >= 4 is 33.3 Å². The van der Waals surface area contributed by atoms with Gasteiger partial charge in [0.2, 0.25) is 0 Å². The van der Waals surface area contributed by atoms with Crippen molar-refractivity contribution in [1.29, 1.82) is 0 Å². The summed E-state index contributed by atoms with van der Waals surface area (Å²) in [4.78, 5) is 8.50. The third-order valence-electron chi connectivity index (χ3n) is 3.02. The monoisotopic (exact) mass is 352 g/mol. The second kappa shape index (κ2) is 7.36. The summed E-state index contributed by atoms with van der Waals surface area (Å²) in [7, 11) is 0. The van der Waals surface area contributed by atoms with Crippen molar-refractivity contribution in [2.75, 3.05) is 17.2 Å². The molecule has 0 aliphatic rings. The SMILES string of the molecule is CCCNc1ncnc(Nc2cc(Br)ccc2F)c1CC. The zero-order chi connectivity index (χ0) is 15.2. The van der Waals surface area contributed by atoms with E-state index in [4.69, 9.17) is 0 Å². The summed E-state index contributed by atoms with van der Waals surface area (Å²) in [5.74, 6) is 1.11. The Kier molecular flexibility index (Phi) is 5.50. The zero-order valence-electron chi connectivity index (χ0n) is 12.1. The first-order valence-electron chi connectivity index (χ1n) is 6.95. The van der Waals surface area contributed by atoms with Crippen LogP contribution in [0.25, 0.3) is 0 Å². The molecule has 21 heavy (non-hydrogen) atoms. The van der Waals surface area contributed by atoms with Crippen LogP contribution in [0.5, 0.6) is 0 Å². The lowest BCUT2D eigenvalue weighted by Gasteiger charge is -2.14. The van der Waals surface area contributed by atoms with Crippen molar-refractivity contribution in [1.82, 2.24) is 9.97 Å². The van der Waals surface area contributed by atoms with E-state index >= 15 is 0 Å². The van der Waals surface area contributed by atoms with Gasteiger partial charge in [0.05, 0.1) is 5.69 Å². The molecule has 0 aliphatic carbocycles. The van der Waals surface area contributed by atoms with Gasteiger partial charge in [0.25, 0.3) is 0 Å². The summed E-state index contributed by atoms with van der Waals surface area (Å²) >= 11 is 3.34. The van der Waals surface area contributed by atoms with E-state index in [-0.39, 0.29) is 5.82 Å². The number of hydrogen-bond donors (Lipinski definition) is 2. The van der Waals surface area contributed by atoms with E-state index in [0.717, 1.165) is 35.2 Å². The van der Waals surface area contributed by atoms with Gasteiger partial charge in [0.1, 0.15) is 23.8 Å². The van der Waals surface area contributed by atoms with Crippen LogP contribution in [0.15, 0.2) is 29.0 Å². The molecular weight excluding hydrogens is 335 g/mol. The molecule has 0 bridgehead atoms. The van der Waals surface area contributed by atoms with Gasteiger partial charge in [0.15, 0.2) is 0 Å². The van der Waals surface area contributed by atoms with Gasteiger partial charge >= 0.3 is 0 Å². The van der Waals surface area contributed by atoms with Crippen LogP contribution in [-0.2, 0) is 6.42 Å². The molecule has 0 saturated heterocycles. The van der Waals surface area contributed by atoms with Crippen LogP contribution in [0.4, 0.5) is 21.7 Å². The van der Waals surface area contributed by atoms with Gasteiger partial charge in [-0.05, 0) is 31.0 Å². The third kappa shape index (κ3) is 3.91. The van der Waals surface area contributed by atoms with Crippen LogP contribution in [0.3, 0.4) is 0 Å². The van der Waals surface area contributed by atoms with E-state index in [1.54, 1.807) is 12.1 Å². The van der Waals surface area contributed by atoms with E-state index in [1.807, 2.05) is 6.92 Å². The molecule has 2 rings (SSSR count). The second-order valence-electron chi connectivity index (χ2n) is 4.58. The molecular formula is C15H18BrFN4. The highest BCUT2D eigenvalue weighted by molar-refractivity contribution is 9.10. The van der Waals surface area contributed by atoms with Crippen molar-refractivity contribution in [2.24, 2.45) is 0 Å². The van der Waals surface area contributed by atoms with E-state index in [0.29, 0.717) is 11.5 Å². The fourth-order valence-corrected chi connectivity index (χ4v) is 2.33. The molecule has 1 heterocycles. The van der Waals surface area contributed by atoms with E-state index in [9.17, 15) is 4.39 Å². The normalized spacial score (nSPS) is 10.5. The molecule has 0 spiro atoms. The van der Waals surface area contributed by atoms with Crippen LogP contribution >= 0.6 is 15.9 Å². The number of hydrogen-bond acceptors (Lipinski definition) is 4. The third-order valence-corrected chi connectivity index (χ3v) is 3.52. The van der Waals surface area contributed by atoms with Crippen LogP contribution < -0.4 is 10.6 Å². The van der Waals surface area contributed by atoms with Crippen molar-refractivity contribution in [3.63, 3.8) is 0 Å². The van der Waals surface area contributed by atoms with Gasteiger partial charge < -0.3 is 10.6 Å². The Morgan fingerprint density at radius 1 is 1.19 bits per heavy atom. The maximum atomic E-state index is 13.9. The predicted molar refractivity (Wildman–Crippen MR) is 87.6 cm³/mol. The first-order valence-corrected chi connectivity index (χ1v) is 7.74. The highest BCUT2D eigenvalue weighted by Gasteiger charge is 2.11. The summed E-state index contributed by atoms with van der Waals surface area (Å²) < 4.78 is 14.7. The minimum Gasteiger partial charge on any atom is -0.370 e. The van der Waals surface area contributed by atoms with Gasteiger partial charge in [-0.15, -0.1) is 0 Å². The Labute approximate surface area is 132 Å². The largest absolute Gasteiger partial charge is 0.370 e. The van der Waals surface area contributed by atoms with Gasteiger partial charge in [-0.25, -0.2) is 14.4 Å². The lowest BCUT2D eigenvalue weighted by atomic mass is 10.2. The Hall–Kier alpha value is -1.69. The Morgan fingerprint density at radius 3 is 2.67 bits per heavy atom. The average Bonchev–Trinajstić information content (AvgIpc) is 2.49. The number of nitrogens with one attached hydrogen (secondary N) is 2. The van der Waals surface area contributed by atoms with Gasteiger partial charge in [-0.2, -0.15) is 0 Å². The molecule has 4 nitrogen and oxygen atoms in total. The topological polar surface area (TPSA) is 49.8 Å². The minimum absolute atomic E-state index is 0.318. The Bertz CT molecular complexity index is 619. The molecule has 1 aromatic heterocycles. The fraction of sp³-hybridized carbons (Fsp3) is 0.333. The number of nitrogens with zero attached hydrogens (tertiary/aromatic N) is 2. The molecule has 0 unspecified atom stereocenters. The van der Waals surface area contributed by atoms with Gasteiger partial charge in [0, 0.05) is 16.6 Å². The maximum absolute atomic E-state index is 13.9. The molecule has 2 aromatic rings. The minimum atomic E-state index is -0.318. The average molecular weight is 353 g/mol. The summed E-state index contributed by atoms with van der Waals surface area (Å²) in [6.45, 7) is 4.96. The van der Waals surface area contributed by atoms with E-state index < -0.39 is 0 Å². The highest BCUT2D eigenvalue weighted by atomic mass is 79.9. The molecule has 0 saturated carbocycles. The van der Waals surface area contributed by atoms with E-state index in [2.05, 4.69) is 43.5 Å². The van der Waals surface area contributed by atoms with Crippen molar-refractivity contribution in [2.45, 2.75) is 26.7 Å². The number of rotatable bonds is 6. The molecule has 1 aromatic carbocycles. The van der Waals surface area contributed by atoms with Gasteiger partial charge in [-0.1, -0.05) is 29.8 Å². The molecule has 0 atom stereocenters. The molecule has 0 fully saturated rings. The molecule has 0 amide bonds. The van der Waals surface area contributed by atoms with Crippen molar-refractivity contribution in [3.05, 3.63) is 40.4 Å². The van der Waals surface area contributed by atoms with Crippen LogP contribution in [0.2, 0.25) is 0 Å². The van der Waals surface area contributed by atoms with E-state index in [1.165, 1.54) is 12.4 Å². The van der Waals surface area contributed by atoms with Crippen LogP contribution in [0, 0.1) is 5.82 Å². The number of benzene rings is 1. The van der Waals surface area contributed by atoms with Crippen LogP contribution in [0.1, 0.15) is 25.8 Å². The number of anilines is 3. The summed E-state index contributed by atoms with van der Waals surface area (Å²) in [6, 6.07) is 4.76. The summed E-state index contributed by atoms with van der Waals surface area (Å²) in [6.07, 6.45) is 3.25. The quantitative estimate of drug-likeness (QED) is 0.803. The number of aromatic nitrogens is 2. The molecule has 6 heteroatoms. The smallest absolute Gasteiger partial charge is 0.146 e. The maximum Gasteiger partial charge on any atom is 0.146 e. The highest BCUT2D eigenvalue weighted by Crippen LogP contribution is 2.27. The first kappa shape index (κ1) is 15.7. The summed E-state index contributed by atoms with van der Waals surface area (Å²) in [5, 5.41) is 6.33. The lowest BCUT2D eigenvalue weighted by molar-refractivity contribution is 0.631. The molecule has 0 aliphatic heterocycles. The molecule has 0 radical (unpaired) electrons. The van der Waals surface area contributed by atoms with Crippen molar-refractivity contribution in [3.8, 4) is 0 Å². The first-order chi connectivity index (χ1) is 10.2. The Morgan fingerprint density at radius 2 is 1.95 bits per heavy atom.